The van der Waals surface area contributed by atoms with Crippen molar-refractivity contribution in [2.24, 2.45) is 0 Å². The molecule has 0 radical (unpaired) electrons. The average molecular weight is 405 g/mol. The number of carbonyl (C=O) groups excluding carboxylic acids is 1. The molecular weight excluding hydrogens is 376 g/mol. The zero-order valence-corrected chi connectivity index (χ0v) is 17.6. The maximum Gasteiger partial charge on any atom is 0.223 e. The van der Waals surface area contributed by atoms with Gasteiger partial charge in [0, 0.05) is 37.8 Å². The summed E-state index contributed by atoms with van der Waals surface area (Å²) in [4.78, 5) is 19.4. The molecule has 1 heterocycles. The molecule has 5 heteroatoms. The molecule has 0 spiro atoms. The third-order valence-electron chi connectivity index (χ3n) is 5.01. The summed E-state index contributed by atoms with van der Waals surface area (Å²) in [5, 5.41) is 0. The number of benzene rings is 2. The number of ether oxygens (including phenoxy) is 2. The number of pyridine rings is 1. The van der Waals surface area contributed by atoms with Crippen molar-refractivity contribution in [3.8, 4) is 11.5 Å². The van der Waals surface area contributed by atoms with Crippen LogP contribution in [0.5, 0.6) is 11.5 Å². The standard InChI is InChI=1S/C25H28N2O3/c1-29-23-13-11-20(18-24(23)30-2)12-14-25(28)27(19-21-8-4-3-5-9-21)17-15-22-10-6-7-16-26-22/h3-11,13,16,18H,12,14-15,17,19H2,1-2H3. The predicted octanol–water partition coefficient (Wildman–Crippen LogP) is 4.30. The molecule has 0 saturated carbocycles. The van der Waals surface area contributed by atoms with Gasteiger partial charge in [-0.1, -0.05) is 42.5 Å². The van der Waals surface area contributed by atoms with Gasteiger partial charge in [-0.05, 0) is 41.8 Å². The van der Waals surface area contributed by atoms with Crippen LogP contribution in [0.3, 0.4) is 0 Å². The van der Waals surface area contributed by atoms with Gasteiger partial charge in [0.25, 0.3) is 0 Å². The van der Waals surface area contributed by atoms with Crippen LogP contribution in [0.15, 0.2) is 72.9 Å². The largest absolute Gasteiger partial charge is 0.493 e. The van der Waals surface area contributed by atoms with Gasteiger partial charge >= 0.3 is 0 Å². The Morgan fingerprint density at radius 1 is 0.867 bits per heavy atom. The third kappa shape index (κ3) is 6.08. The fraction of sp³-hybridized carbons (Fsp3) is 0.280. The van der Waals surface area contributed by atoms with E-state index in [0.29, 0.717) is 37.4 Å². The van der Waals surface area contributed by atoms with E-state index >= 15 is 0 Å². The molecule has 0 fully saturated rings. The van der Waals surface area contributed by atoms with E-state index in [1.165, 1.54) is 0 Å². The lowest BCUT2D eigenvalue weighted by atomic mass is 10.1. The van der Waals surface area contributed by atoms with Crippen molar-refractivity contribution in [1.29, 1.82) is 0 Å². The topological polar surface area (TPSA) is 51.7 Å². The first-order valence-electron chi connectivity index (χ1n) is 10.1. The molecule has 3 aromatic rings. The molecule has 30 heavy (non-hydrogen) atoms. The van der Waals surface area contributed by atoms with Crippen LogP contribution in [0.4, 0.5) is 0 Å². The van der Waals surface area contributed by atoms with E-state index in [4.69, 9.17) is 9.47 Å². The van der Waals surface area contributed by atoms with Crippen molar-refractivity contribution >= 4 is 5.91 Å². The molecule has 0 aliphatic rings. The van der Waals surface area contributed by atoms with Crippen LogP contribution < -0.4 is 9.47 Å². The summed E-state index contributed by atoms with van der Waals surface area (Å²) in [6.45, 7) is 1.23. The van der Waals surface area contributed by atoms with Gasteiger partial charge in [0.05, 0.1) is 14.2 Å². The molecule has 0 unspecified atom stereocenters. The Morgan fingerprint density at radius 2 is 1.63 bits per heavy atom. The van der Waals surface area contributed by atoms with Crippen LogP contribution in [0.25, 0.3) is 0 Å². The Labute approximate surface area is 178 Å². The average Bonchev–Trinajstić information content (AvgIpc) is 2.81. The first-order chi connectivity index (χ1) is 14.7. The summed E-state index contributed by atoms with van der Waals surface area (Å²) >= 11 is 0. The lowest BCUT2D eigenvalue weighted by Gasteiger charge is -2.23. The minimum atomic E-state index is 0.129. The highest BCUT2D eigenvalue weighted by molar-refractivity contribution is 5.76. The molecule has 0 N–H and O–H groups in total. The molecule has 0 aliphatic carbocycles. The summed E-state index contributed by atoms with van der Waals surface area (Å²) in [5.41, 5.74) is 3.16. The van der Waals surface area contributed by atoms with E-state index in [0.717, 1.165) is 23.2 Å². The molecule has 0 saturated heterocycles. The monoisotopic (exact) mass is 404 g/mol. The van der Waals surface area contributed by atoms with Gasteiger partial charge in [0.15, 0.2) is 11.5 Å². The highest BCUT2D eigenvalue weighted by Crippen LogP contribution is 2.28. The fourth-order valence-corrected chi connectivity index (χ4v) is 3.34. The minimum Gasteiger partial charge on any atom is -0.493 e. The van der Waals surface area contributed by atoms with Gasteiger partial charge in [-0.15, -0.1) is 0 Å². The summed E-state index contributed by atoms with van der Waals surface area (Å²) in [6.07, 6.45) is 3.60. The maximum absolute atomic E-state index is 13.1. The number of nitrogens with zero attached hydrogens (tertiary/aromatic N) is 2. The van der Waals surface area contributed by atoms with Crippen LogP contribution in [-0.4, -0.2) is 36.6 Å². The molecule has 2 aromatic carbocycles. The molecule has 0 bridgehead atoms. The van der Waals surface area contributed by atoms with E-state index in [-0.39, 0.29) is 5.91 Å². The molecule has 0 aliphatic heterocycles. The first kappa shape index (κ1) is 21.4. The Bertz CT molecular complexity index is 930. The van der Waals surface area contributed by atoms with E-state index in [2.05, 4.69) is 17.1 Å². The van der Waals surface area contributed by atoms with E-state index in [1.54, 1.807) is 20.4 Å². The van der Waals surface area contributed by atoms with Crippen molar-refractivity contribution in [2.75, 3.05) is 20.8 Å². The molecule has 1 amide bonds. The van der Waals surface area contributed by atoms with Crippen LogP contribution in [0.1, 0.15) is 23.2 Å². The lowest BCUT2D eigenvalue weighted by molar-refractivity contribution is -0.131. The molecule has 3 rings (SSSR count). The number of amides is 1. The fourth-order valence-electron chi connectivity index (χ4n) is 3.34. The van der Waals surface area contributed by atoms with Crippen LogP contribution in [0.2, 0.25) is 0 Å². The molecule has 1 aromatic heterocycles. The zero-order valence-electron chi connectivity index (χ0n) is 17.6. The summed E-state index contributed by atoms with van der Waals surface area (Å²) in [7, 11) is 3.23. The van der Waals surface area contributed by atoms with Crippen molar-refractivity contribution in [2.45, 2.75) is 25.8 Å². The number of hydrogen-bond donors (Lipinski definition) is 0. The normalized spacial score (nSPS) is 10.5. The lowest BCUT2D eigenvalue weighted by Crippen LogP contribution is -2.32. The van der Waals surface area contributed by atoms with Gasteiger partial charge in [-0.3, -0.25) is 9.78 Å². The summed E-state index contributed by atoms with van der Waals surface area (Å²) in [6, 6.07) is 21.7. The number of rotatable bonds is 10. The predicted molar refractivity (Wildman–Crippen MR) is 118 cm³/mol. The van der Waals surface area contributed by atoms with Crippen molar-refractivity contribution < 1.29 is 14.3 Å². The first-order valence-corrected chi connectivity index (χ1v) is 10.1. The number of methoxy groups -OCH3 is 2. The highest BCUT2D eigenvalue weighted by Gasteiger charge is 2.15. The number of aryl methyl sites for hydroxylation is 1. The Morgan fingerprint density at radius 3 is 2.33 bits per heavy atom. The highest BCUT2D eigenvalue weighted by atomic mass is 16.5. The Kier molecular flexibility index (Phi) is 7.84. The van der Waals surface area contributed by atoms with Gasteiger partial charge in [-0.2, -0.15) is 0 Å². The third-order valence-corrected chi connectivity index (χ3v) is 5.01. The van der Waals surface area contributed by atoms with Gasteiger partial charge in [0.1, 0.15) is 0 Å². The Hall–Kier alpha value is -3.34. The Balaban J connectivity index is 1.66. The smallest absolute Gasteiger partial charge is 0.223 e. The van der Waals surface area contributed by atoms with Gasteiger partial charge in [-0.25, -0.2) is 0 Å². The van der Waals surface area contributed by atoms with Crippen molar-refractivity contribution in [3.63, 3.8) is 0 Å². The van der Waals surface area contributed by atoms with Gasteiger partial charge < -0.3 is 14.4 Å². The molecule has 0 atom stereocenters. The maximum atomic E-state index is 13.1. The molecular formula is C25H28N2O3. The zero-order chi connectivity index (χ0) is 21.2. The van der Waals surface area contributed by atoms with Crippen LogP contribution in [0, 0.1) is 0 Å². The number of aromatic nitrogens is 1. The van der Waals surface area contributed by atoms with E-state index in [9.17, 15) is 4.79 Å². The van der Waals surface area contributed by atoms with Crippen LogP contribution >= 0.6 is 0 Å². The quantitative estimate of drug-likeness (QED) is 0.505. The van der Waals surface area contributed by atoms with E-state index in [1.807, 2.05) is 59.5 Å². The SMILES string of the molecule is COc1ccc(CCC(=O)N(CCc2ccccn2)Cc2ccccc2)cc1OC. The minimum absolute atomic E-state index is 0.129. The summed E-state index contributed by atoms with van der Waals surface area (Å²) < 4.78 is 10.7. The number of hydrogen-bond acceptors (Lipinski definition) is 4. The number of carbonyl (C=O) groups is 1. The molecule has 156 valence electrons. The van der Waals surface area contributed by atoms with Gasteiger partial charge in [0.2, 0.25) is 5.91 Å². The van der Waals surface area contributed by atoms with E-state index < -0.39 is 0 Å². The van der Waals surface area contributed by atoms with Crippen LogP contribution in [-0.2, 0) is 24.2 Å². The van der Waals surface area contributed by atoms with Crippen molar-refractivity contribution in [3.05, 3.63) is 89.7 Å². The second kappa shape index (κ2) is 11.0. The molecule has 5 nitrogen and oxygen atoms in total. The van der Waals surface area contributed by atoms with Crippen molar-refractivity contribution in [1.82, 2.24) is 9.88 Å². The second-order valence-corrected chi connectivity index (χ2v) is 7.06. The summed E-state index contributed by atoms with van der Waals surface area (Å²) in [5.74, 6) is 1.50. The second-order valence-electron chi connectivity index (χ2n) is 7.06.